The fourth-order valence-electron chi connectivity index (χ4n) is 2.13. The van der Waals surface area contributed by atoms with Crippen molar-refractivity contribution < 1.29 is 27.4 Å². The molecule has 22 heavy (non-hydrogen) atoms. The van der Waals surface area contributed by atoms with Crippen LogP contribution in [0.15, 0.2) is 23.1 Å². The van der Waals surface area contributed by atoms with Crippen LogP contribution in [0.5, 0.6) is 5.75 Å². The summed E-state index contributed by atoms with van der Waals surface area (Å²) in [6.45, 7) is 3.39. The van der Waals surface area contributed by atoms with Crippen molar-refractivity contribution in [1.29, 1.82) is 0 Å². The van der Waals surface area contributed by atoms with Gasteiger partial charge in [0.05, 0.1) is 7.11 Å². The standard InChI is InChI=1S/C14H20FNO5S/c1-5-9(2)13(14(17)18)16(3)22(19,20)11-8-6-7-10(21-4)12(11)15/h6-9,13H,5H2,1-4H3,(H,17,18). The van der Waals surface area contributed by atoms with E-state index in [0.29, 0.717) is 10.7 Å². The number of hydrogen-bond donors (Lipinski definition) is 1. The van der Waals surface area contributed by atoms with Crippen LogP contribution in [-0.2, 0) is 14.8 Å². The highest BCUT2D eigenvalue weighted by molar-refractivity contribution is 7.89. The largest absolute Gasteiger partial charge is 0.494 e. The van der Waals surface area contributed by atoms with Gasteiger partial charge in [0.15, 0.2) is 11.6 Å². The van der Waals surface area contributed by atoms with Gasteiger partial charge in [-0.25, -0.2) is 12.8 Å². The highest BCUT2D eigenvalue weighted by Gasteiger charge is 2.37. The molecule has 8 heteroatoms. The number of methoxy groups -OCH3 is 1. The Balaban J connectivity index is 3.37. The van der Waals surface area contributed by atoms with E-state index >= 15 is 0 Å². The van der Waals surface area contributed by atoms with Gasteiger partial charge in [-0.15, -0.1) is 0 Å². The number of carbonyl (C=O) groups is 1. The molecule has 1 N–H and O–H groups in total. The van der Waals surface area contributed by atoms with Crippen molar-refractivity contribution in [2.75, 3.05) is 14.2 Å². The molecule has 0 aromatic heterocycles. The normalized spacial score (nSPS) is 14.6. The van der Waals surface area contributed by atoms with Gasteiger partial charge in [0.25, 0.3) is 0 Å². The molecule has 124 valence electrons. The van der Waals surface area contributed by atoms with Crippen LogP contribution in [0.25, 0.3) is 0 Å². The molecule has 0 amide bonds. The zero-order valence-electron chi connectivity index (χ0n) is 12.9. The van der Waals surface area contributed by atoms with Gasteiger partial charge in [0, 0.05) is 7.05 Å². The highest BCUT2D eigenvalue weighted by Crippen LogP contribution is 2.28. The predicted octanol–water partition coefficient (Wildman–Crippen LogP) is 1.95. The van der Waals surface area contributed by atoms with E-state index in [1.165, 1.54) is 19.2 Å². The quantitative estimate of drug-likeness (QED) is 0.824. The lowest BCUT2D eigenvalue weighted by Crippen LogP contribution is -2.46. The number of nitrogens with zero attached hydrogens (tertiary/aromatic N) is 1. The number of ether oxygens (including phenoxy) is 1. The second kappa shape index (κ2) is 7.06. The lowest BCUT2D eigenvalue weighted by Gasteiger charge is -2.28. The Kier molecular flexibility index (Phi) is 5.90. The maximum absolute atomic E-state index is 14.2. The number of sulfonamides is 1. The van der Waals surface area contributed by atoms with Crippen LogP contribution in [-0.4, -0.2) is 44.0 Å². The molecule has 0 aliphatic heterocycles. The first-order valence-electron chi connectivity index (χ1n) is 6.71. The third-order valence-electron chi connectivity index (χ3n) is 3.63. The second-order valence-corrected chi connectivity index (χ2v) is 6.93. The molecule has 0 radical (unpaired) electrons. The minimum absolute atomic E-state index is 0.218. The third kappa shape index (κ3) is 3.38. The van der Waals surface area contributed by atoms with E-state index in [4.69, 9.17) is 4.74 Å². The van der Waals surface area contributed by atoms with Crippen molar-refractivity contribution in [3.05, 3.63) is 24.0 Å². The summed E-state index contributed by atoms with van der Waals surface area (Å²) in [5.41, 5.74) is 0. The van der Waals surface area contributed by atoms with E-state index in [1.54, 1.807) is 13.8 Å². The first kappa shape index (κ1) is 18.4. The number of halogens is 1. The molecule has 6 nitrogen and oxygen atoms in total. The second-order valence-electron chi connectivity index (χ2n) is 4.96. The van der Waals surface area contributed by atoms with Gasteiger partial charge in [-0.1, -0.05) is 26.3 Å². The van der Waals surface area contributed by atoms with Gasteiger partial charge in [0.2, 0.25) is 10.0 Å². The first-order chi connectivity index (χ1) is 10.2. The number of benzene rings is 1. The summed E-state index contributed by atoms with van der Waals surface area (Å²) in [5.74, 6) is -2.95. The summed E-state index contributed by atoms with van der Waals surface area (Å²) in [6, 6.07) is 2.43. The van der Waals surface area contributed by atoms with E-state index in [0.717, 1.165) is 13.1 Å². The average molecular weight is 333 g/mol. The molecule has 0 saturated heterocycles. The van der Waals surface area contributed by atoms with Crippen LogP contribution < -0.4 is 4.74 Å². The van der Waals surface area contributed by atoms with Crippen LogP contribution in [0, 0.1) is 11.7 Å². The molecule has 0 saturated carbocycles. The Bertz CT molecular complexity index is 647. The summed E-state index contributed by atoms with van der Waals surface area (Å²) in [5, 5.41) is 9.30. The molecule has 2 atom stereocenters. The number of aliphatic carboxylic acids is 1. The van der Waals surface area contributed by atoms with E-state index in [1.807, 2.05) is 0 Å². The van der Waals surface area contributed by atoms with Crippen LogP contribution in [0.4, 0.5) is 4.39 Å². The molecule has 1 aromatic rings. The minimum Gasteiger partial charge on any atom is -0.494 e. The monoisotopic (exact) mass is 333 g/mol. The molecular weight excluding hydrogens is 313 g/mol. The molecule has 0 heterocycles. The van der Waals surface area contributed by atoms with E-state index < -0.39 is 38.7 Å². The number of carboxylic acids is 1. The van der Waals surface area contributed by atoms with Gasteiger partial charge in [-0.2, -0.15) is 4.31 Å². The summed E-state index contributed by atoms with van der Waals surface area (Å²) in [4.78, 5) is 10.8. The summed E-state index contributed by atoms with van der Waals surface area (Å²) in [6.07, 6.45) is 0.470. The Labute approximate surface area is 129 Å². The smallest absolute Gasteiger partial charge is 0.322 e. The van der Waals surface area contributed by atoms with Crippen molar-refractivity contribution in [3.8, 4) is 5.75 Å². The van der Waals surface area contributed by atoms with E-state index in [-0.39, 0.29) is 5.75 Å². The van der Waals surface area contributed by atoms with Crippen molar-refractivity contribution in [1.82, 2.24) is 4.31 Å². The number of rotatable bonds is 7. The predicted molar refractivity (Wildman–Crippen MR) is 78.8 cm³/mol. The van der Waals surface area contributed by atoms with Crippen molar-refractivity contribution in [2.45, 2.75) is 31.2 Å². The molecule has 1 rings (SSSR count). The van der Waals surface area contributed by atoms with E-state index in [2.05, 4.69) is 0 Å². The molecule has 0 fully saturated rings. The fourth-order valence-corrected chi connectivity index (χ4v) is 3.62. The molecule has 0 spiro atoms. The molecule has 0 aliphatic rings. The summed E-state index contributed by atoms with van der Waals surface area (Å²) in [7, 11) is -1.95. The number of carboxylic acid groups (broad SMARTS) is 1. The third-order valence-corrected chi connectivity index (χ3v) is 5.49. The number of hydrogen-bond acceptors (Lipinski definition) is 4. The van der Waals surface area contributed by atoms with Gasteiger partial charge < -0.3 is 9.84 Å². The van der Waals surface area contributed by atoms with E-state index in [9.17, 15) is 22.7 Å². The van der Waals surface area contributed by atoms with Gasteiger partial charge >= 0.3 is 5.97 Å². The lowest BCUT2D eigenvalue weighted by atomic mass is 10.00. The maximum atomic E-state index is 14.2. The summed E-state index contributed by atoms with van der Waals surface area (Å²) >= 11 is 0. The minimum atomic E-state index is -4.30. The first-order valence-corrected chi connectivity index (χ1v) is 8.15. The lowest BCUT2D eigenvalue weighted by molar-refractivity contribution is -0.142. The van der Waals surface area contributed by atoms with Gasteiger partial charge in [0.1, 0.15) is 10.9 Å². The zero-order valence-corrected chi connectivity index (χ0v) is 13.7. The van der Waals surface area contributed by atoms with Crippen molar-refractivity contribution in [2.24, 2.45) is 5.92 Å². The Hall–Kier alpha value is -1.67. The Morgan fingerprint density at radius 1 is 1.45 bits per heavy atom. The fraction of sp³-hybridized carbons (Fsp3) is 0.500. The van der Waals surface area contributed by atoms with Crippen molar-refractivity contribution in [3.63, 3.8) is 0 Å². The van der Waals surface area contributed by atoms with Gasteiger partial charge in [-0.05, 0) is 18.1 Å². The van der Waals surface area contributed by atoms with Crippen LogP contribution >= 0.6 is 0 Å². The highest BCUT2D eigenvalue weighted by atomic mass is 32.2. The van der Waals surface area contributed by atoms with Crippen LogP contribution in [0.1, 0.15) is 20.3 Å². The molecule has 0 aliphatic carbocycles. The van der Waals surface area contributed by atoms with Gasteiger partial charge in [-0.3, -0.25) is 4.79 Å². The zero-order chi connectivity index (χ0) is 17.1. The summed E-state index contributed by atoms with van der Waals surface area (Å²) < 4.78 is 44.8. The molecule has 1 aromatic carbocycles. The SMILES string of the molecule is CCC(C)C(C(=O)O)N(C)S(=O)(=O)c1cccc(OC)c1F. The average Bonchev–Trinajstić information content (AvgIpc) is 2.46. The Morgan fingerprint density at radius 3 is 2.50 bits per heavy atom. The van der Waals surface area contributed by atoms with Crippen molar-refractivity contribution >= 4 is 16.0 Å². The molecular formula is C14H20FNO5S. The number of likely N-dealkylation sites (N-methyl/N-ethyl adjacent to an activating group) is 1. The molecule has 2 unspecified atom stereocenters. The van der Waals surface area contributed by atoms with Crippen LogP contribution in [0.2, 0.25) is 0 Å². The topological polar surface area (TPSA) is 83.9 Å². The maximum Gasteiger partial charge on any atom is 0.322 e. The van der Waals surface area contributed by atoms with Crippen LogP contribution in [0.3, 0.4) is 0 Å². The molecule has 0 bridgehead atoms. The Morgan fingerprint density at radius 2 is 2.05 bits per heavy atom.